The Bertz CT molecular complexity index is 665. The summed E-state index contributed by atoms with van der Waals surface area (Å²) in [6.07, 6.45) is 15.6. The molecule has 148 valence electrons. The lowest BCUT2D eigenvalue weighted by Crippen LogP contribution is -2.06. The van der Waals surface area contributed by atoms with Crippen LogP contribution in [0.3, 0.4) is 0 Å². The number of benzene rings is 1. The molecule has 0 bridgehead atoms. The first-order chi connectivity index (χ1) is 12.5. The van der Waals surface area contributed by atoms with Gasteiger partial charge < -0.3 is 0 Å². The van der Waals surface area contributed by atoms with E-state index in [1.54, 1.807) is 5.57 Å². The third-order valence-electron chi connectivity index (χ3n) is 4.84. The normalized spacial score (nSPS) is 15.6. The molecule has 0 aliphatic heterocycles. The van der Waals surface area contributed by atoms with Gasteiger partial charge in [0.1, 0.15) is 0 Å². The predicted molar refractivity (Wildman–Crippen MR) is 123 cm³/mol. The van der Waals surface area contributed by atoms with Crippen LogP contribution in [0.1, 0.15) is 79.7 Å². The van der Waals surface area contributed by atoms with Crippen LogP contribution < -0.4 is 0 Å². The van der Waals surface area contributed by atoms with Gasteiger partial charge in [0.2, 0.25) is 0 Å². The van der Waals surface area contributed by atoms with Crippen LogP contribution >= 0.6 is 0 Å². The van der Waals surface area contributed by atoms with Crippen LogP contribution in [-0.4, -0.2) is 0 Å². The molecule has 3 rings (SSSR count). The van der Waals surface area contributed by atoms with Crippen molar-refractivity contribution in [2.24, 2.45) is 10.8 Å². The van der Waals surface area contributed by atoms with Gasteiger partial charge in [-0.1, -0.05) is 128 Å². The second kappa shape index (κ2) is 10.5. The van der Waals surface area contributed by atoms with Gasteiger partial charge in [0, 0.05) is 0 Å². The van der Waals surface area contributed by atoms with Crippen molar-refractivity contribution in [3.05, 3.63) is 83.5 Å². The van der Waals surface area contributed by atoms with Crippen molar-refractivity contribution in [2.75, 3.05) is 0 Å². The minimum atomic E-state index is 0.354. The van der Waals surface area contributed by atoms with E-state index < -0.39 is 0 Å². The first-order valence-corrected chi connectivity index (χ1v) is 10.3. The summed E-state index contributed by atoms with van der Waals surface area (Å²) in [5.41, 5.74) is 5.17. The van der Waals surface area contributed by atoms with Gasteiger partial charge in [-0.2, -0.15) is 0 Å². The van der Waals surface area contributed by atoms with Crippen molar-refractivity contribution < 1.29 is 0 Å². The van der Waals surface area contributed by atoms with Crippen molar-refractivity contribution in [3.8, 4) is 0 Å². The summed E-state index contributed by atoms with van der Waals surface area (Å²) in [5, 5.41) is 0. The van der Waals surface area contributed by atoms with Crippen LogP contribution in [0.4, 0.5) is 0 Å². The fraction of sp³-hybridized carbons (Fsp3) is 0.481. The van der Waals surface area contributed by atoms with Gasteiger partial charge >= 0.3 is 0 Å². The average Bonchev–Trinajstić information content (AvgIpc) is 3.29. The van der Waals surface area contributed by atoms with E-state index in [1.807, 2.05) is 6.07 Å². The molecule has 0 heteroatoms. The molecule has 0 nitrogen and oxygen atoms in total. The molecule has 1 aromatic rings. The lowest BCUT2D eigenvalue weighted by atomic mass is 9.86. The van der Waals surface area contributed by atoms with Crippen LogP contribution in [0.15, 0.2) is 77.9 Å². The van der Waals surface area contributed by atoms with Crippen molar-refractivity contribution in [1.82, 2.24) is 0 Å². The second-order valence-electron chi connectivity index (χ2n) is 9.69. The smallest absolute Gasteiger partial charge is 0.0127 e. The van der Waals surface area contributed by atoms with Crippen LogP contribution in [-0.2, 0) is 0 Å². The van der Waals surface area contributed by atoms with Crippen molar-refractivity contribution in [1.29, 1.82) is 0 Å². The lowest BCUT2D eigenvalue weighted by molar-refractivity contribution is 0.496. The van der Waals surface area contributed by atoms with Crippen molar-refractivity contribution in [2.45, 2.75) is 74.1 Å². The van der Waals surface area contributed by atoms with Crippen molar-refractivity contribution in [3.63, 3.8) is 0 Å². The fourth-order valence-corrected chi connectivity index (χ4v) is 2.86. The maximum atomic E-state index is 2.29. The van der Waals surface area contributed by atoms with Gasteiger partial charge in [0.25, 0.3) is 0 Å². The molecule has 0 fully saturated rings. The quantitative estimate of drug-likeness (QED) is 0.467. The Morgan fingerprint density at radius 2 is 1.44 bits per heavy atom. The number of hydrogen-bond acceptors (Lipinski definition) is 0. The molecule has 0 N–H and O–H groups in total. The summed E-state index contributed by atoms with van der Waals surface area (Å²) in [4.78, 5) is 0. The fourth-order valence-electron chi connectivity index (χ4n) is 2.86. The van der Waals surface area contributed by atoms with Gasteiger partial charge in [-0.15, -0.1) is 0 Å². The highest BCUT2D eigenvalue weighted by molar-refractivity contribution is 5.30. The zero-order chi connectivity index (χ0) is 20.5. The molecule has 1 aromatic carbocycles. The van der Waals surface area contributed by atoms with E-state index in [9.17, 15) is 0 Å². The molecule has 0 unspecified atom stereocenters. The van der Waals surface area contributed by atoms with E-state index in [0.29, 0.717) is 16.7 Å². The first-order valence-electron chi connectivity index (χ1n) is 10.3. The average molecular weight is 365 g/mol. The molecule has 0 saturated heterocycles. The van der Waals surface area contributed by atoms with Gasteiger partial charge in [-0.3, -0.25) is 0 Å². The Labute approximate surface area is 168 Å². The van der Waals surface area contributed by atoms with E-state index in [1.165, 1.54) is 11.1 Å². The van der Waals surface area contributed by atoms with Crippen LogP contribution in [0, 0.1) is 10.8 Å². The highest BCUT2D eigenvalue weighted by Crippen LogP contribution is 2.30. The zero-order valence-corrected chi connectivity index (χ0v) is 18.8. The highest BCUT2D eigenvalue weighted by Gasteiger charge is 2.16. The SMILES string of the molecule is CC(C)(C)C1=CC=CC1.CC(C)(C)C1=CCC=C1.CC(C)c1ccccc1. The van der Waals surface area contributed by atoms with Crippen LogP contribution in [0.25, 0.3) is 0 Å². The predicted octanol–water partition coefficient (Wildman–Crippen LogP) is 8.65. The van der Waals surface area contributed by atoms with E-state index >= 15 is 0 Å². The molecule has 0 saturated carbocycles. The topological polar surface area (TPSA) is 0 Å². The maximum Gasteiger partial charge on any atom is -0.0127 e. The lowest BCUT2D eigenvalue weighted by Gasteiger charge is -2.19. The molecule has 0 radical (unpaired) electrons. The minimum absolute atomic E-state index is 0.354. The summed E-state index contributed by atoms with van der Waals surface area (Å²) < 4.78 is 0. The monoisotopic (exact) mass is 364 g/mol. The standard InChI is InChI=1S/2C9H14.C9H12/c2*1-9(2,3)8-6-4-5-7-8;1-8(2)9-6-4-3-5-7-9/h4,6-7H,5H2,1-3H3;4-6H,7H2,1-3H3;3-8H,1-2H3. The summed E-state index contributed by atoms with van der Waals surface area (Å²) in [7, 11) is 0. The Morgan fingerprint density at radius 1 is 0.815 bits per heavy atom. The molecule has 0 atom stereocenters. The molecule has 27 heavy (non-hydrogen) atoms. The Hall–Kier alpha value is -1.82. The molecule has 0 amide bonds. The highest BCUT2D eigenvalue weighted by atomic mass is 14.2. The largest absolute Gasteiger partial charge is 0.0804 e. The van der Waals surface area contributed by atoms with E-state index in [2.05, 4.69) is 116 Å². The van der Waals surface area contributed by atoms with Gasteiger partial charge in [-0.25, -0.2) is 0 Å². The Kier molecular flexibility index (Phi) is 9.03. The summed E-state index contributed by atoms with van der Waals surface area (Å²) in [6, 6.07) is 10.5. The van der Waals surface area contributed by atoms with E-state index in [-0.39, 0.29) is 0 Å². The van der Waals surface area contributed by atoms with E-state index in [0.717, 1.165) is 12.8 Å². The molecular formula is C27H40. The first kappa shape index (κ1) is 23.2. The maximum absolute atomic E-state index is 2.29. The summed E-state index contributed by atoms with van der Waals surface area (Å²) >= 11 is 0. The second-order valence-corrected chi connectivity index (χ2v) is 9.69. The molecule has 0 aromatic heterocycles. The van der Waals surface area contributed by atoms with Gasteiger partial charge in [0.15, 0.2) is 0 Å². The number of allylic oxidation sites excluding steroid dienone is 8. The molecule has 0 heterocycles. The zero-order valence-electron chi connectivity index (χ0n) is 18.8. The van der Waals surface area contributed by atoms with Crippen LogP contribution in [0.2, 0.25) is 0 Å². The number of hydrogen-bond donors (Lipinski definition) is 0. The molecular weight excluding hydrogens is 324 g/mol. The molecule has 2 aliphatic carbocycles. The number of rotatable bonds is 1. The Morgan fingerprint density at radius 3 is 1.70 bits per heavy atom. The van der Waals surface area contributed by atoms with Gasteiger partial charge in [-0.05, 0) is 40.7 Å². The third kappa shape index (κ3) is 9.09. The molecule has 2 aliphatic rings. The molecule has 0 spiro atoms. The van der Waals surface area contributed by atoms with E-state index in [4.69, 9.17) is 0 Å². The summed E-state index contributed by atoms with van der Waals surface area (Å²) in [5.74, 6) is 0.659. The van der Waals surface area contributed by atoms with Crippen molar-refractivity contribution >= 4 is 0 Å². The Balaban J connectivity index is 0.000000202. The minimum Gasteiger partial charge on any atom is -0.0804 e. The van der Waals surface area contributed by atoms with Crippen LogP contribution in [0.5, 0.6) is 0 Å². The van der Waals surface area contributed by atoms with Gasteiger partial charge in [0.05, 0.1) is 0 Å². The summed E-state index contributed by atoms with van der Waals surface area (Å²) in [6.45, 7) is 17.9. The third-order valence-corrected chi connectivity index (χ3v) is 4.84.